The van der Waals surface area contributed by atoms with E-state index in [1.54, 1.807) is 0 Å². The van der Waals surface area contributed by atoms with Crippen LogP contribution in [0.25, 0.3) is 0 Å². The molecule has 2 atom stereocenters. The molecule has 0 bridgehead atoms. The summed E-state index contributed by atoms with van der Waals surface area (Å²) >= 11 is 0. The van der Waals surface area contributed by atoms with Crippen molar-refractivity contribution in [3.8, 4) is 11.8 Å². The third kappa shape index (κ3) is 4.10. The number of fused-ring (bicyclic) bond motifs is 3. The Bertz CT molecular complexity index is 1100. The van der Waals surface area contributed by atoms with Gasteiger partial charge in [-0.25, -0.2) is 0 Å². The minimum Gasteiger partial charge on any atom is -0.493 e. The van der Waals surface area contributed by atoms with E-state index in [9.17, 15) is 14.9 Å². The predicted octanol–water partition coefficient (Wildman–Crippen LogP) is 2.63. The van der Waals surface area contributed by atoms with Crippen molar-refractivity contribution in [3.63, 3.8) is 0 Å². The molecule has 0 radical (unpaired) electrons. The number of nitriles is 1. The van der Waals surface area contributed by atoms with Gasteiger partial charge >= 0.3 is 0 Å². The number of hydrogen-bond acceptors (Lipinski definition) is 7. The number of anilines is 2. The maximum Gasteiger partial charge on any atom is 0.253 e. The summed E-state index contributed by atoms with van der Waals surface area (Å²) in [5.74, 6) is 2.59. The highest BCUT2D eigenvalue weighted by molar-refractivity contribution is 5.85. The Hall–Kier alpha value is -2.56. The predicted molar refractivity (Wildman–Crippen MR) is 126 cm³/mol. The fraction of sp³-hybridized carbons (Fsp3) is 0.542. The lowest BCUT2D eigenvalue weighted by Gasteiger charge is -2.31. The lowest BCUT2D eigenvalue weighted by molar-refractivity contribution is 0.209. The van der Waals surface area contributed by atoms with E-state index in [1.807, 2.05) is 18.2 Å². The van der Waals surface area contributed by atoms with Gasteiger partial charge < -0.3 is 20.7 Å². The number of nitrogens with two attached hydrogens (primary N) is 1. The molecular formula is C24H29ClN4O3. The van der Waals surface area contributed by atoms with E-state index in [1.165, 1.54) is 12.0 Å². The number of nitrogens with one attached hydrogen (secondary N) is 1. The maximum atomic E-state index is 11.6. The molecule has 0 unspecified atom stereocenters. The summed E-state index contributed by atoms with van der Waals surface area (Å²) in [6, 6.07) is 8.26. The summed E-state index contributed by atoms with van der Waals surface area (Å²) in [6.07, 6.45) is 5.45. The molecule has 2 fully saturated rings. The van der Waals surface area contributed by atoms with E-state index in [0.29, 0.717) is 29.0 Å². The molecule has 0 amide bonds. The Labute approximate surface area is 193 Å². The third-order valence-corrected chi connectivity index (χ3v) is 7.50. The molecule has 170 valence electrons. The van der Waals surface area contributed by atoms with Crippen molar-refractivity contribution in [1.82, 2.24) is 4.90 Å². The van der Waals surface area contributed by atoms with Gasteiger partial charge in [-0.05, 0) is 62.8 Å². The van der Waals surface area contributed by atoms with Crippen LogP contribution in [0.1, 0.15) is 49.1 Å². The first-order valence-corrected chi connectivity index (χ1v) is 11.3. The van der Waals surface area contributed by atoms with E-state index in [4.69, 9.17) is 10.5 Å². The largest absolute Gasteiger partial charge is 0.493 e. The highest BCUT2D eigenvalue weighted by atomic mass is 35.5. The first-order valence-electron chi connectivity index (χ1n) is 11.3. The molecule has 1 saturated heterocycles. The number of nitrogen functional groups attached to an aromatic ring is 1. The number of likely N-dealkylation sites (tertiary alicyclic amines) is 1. The zero-order valence-electron chi connectivity index (χ0n) is 18.0. The molecule has 0 aromatic heterocycles. The molecule has 32 heavy (non-hydrogen) atoms. The topological polar surface area (TPSA) is 108 Å². The lowest BCUT2D eigenvalue weighted by atomic mass is 9.84. The Kier molecular flexibility index (Phi) is 6.45. The van der Waals surface area contributed by atoms with Gasteiger partial charge in [-0.1, -0.05) is 0 Å². The molecular weight excluding hydrogens is 428 g/mol. The summed E-state index contributed by atoms with van der Waals surface area (Å²) in [5.41, 5.74) is 6.93. The van der Waals surface area contributed by atoms with Gasteiger partial charge in [0.25, 0.3) is 10.9 Å². The van der Waals surface area contributed by atoms with Crippen LogP contribution in [-0.2, 0) is 0 Å². The molecule has 7 nitrogen and oxygen atoms in total. The van der Waals surface area contributed by atoms with Crippen LogP contribution < -0.4 is 26.6 Å². The van der Waals surface area contributed by atoms with E-state index in [2.05, 4.69) is 16.3 Å². The fourth-order valence-electron chi connectivity index (χ4n) is 5.62. The molecule has 3 N–H and O–H groups in total. The van der Waals surface area contributed by atoms with E-state index >= 15 is 0 Å². The molecule has 2 heterocycles. The number of benzene rings is 1. The number of hydrogen-bond donors (Lipinski definition) is 2. The molecule has 1 saturated carbocycles. The van der Waals surface area contributed by atoms with E-state index in [-0.39, 0.29) is 24.1 Å². The fourth-order valence-corrected chi connectivity index (χ4v) is 5.62. The van der Waals surface area contributed by atoms with Crippen LogP contribution in [0.2, 0.25) is 0 Å². The molecule has 2 aliphatic heterocycles. The Morgan fingerprint density at radius 3 is 2.66 bits per heavy atom. The van der Waals surface area contributed by atoms with Crippen molar-refractivity contribution < 1.29 is 4.74 Å². The average molecular weight is 457 g/mol. The maximum absolute atomic E-state index is 11.6. The summed E-state index contributed by atoms with van der Waals surface area (Å²) in [6.45, 7) is 3.95. The van der Waals surface area contributed by atoms with Crippen molar-refractivity contribution in [1.29, 1.82) is 5.26 Å². The monoisotopic (exact) mass is 456 g/mol. The quantitative estimate of drug-likeness (QED) is 0.665. The molecule has 2 aromatic rings. The van der Waals surface area contributed by atoms with E-state index < -0.39 is 10.9 Å². The average Bonchev–Trinajstić information content (AvgIpc) is 3.24. The van der Waals surface area contributed by atoms with Crippen LogP contribution >= 0.6 is 12.4 Å². The highest BCUT2D eigenvalue weighted by Gasteiger charge is 2.39. The lowest BCUT2D eigenvalue weighted by Crippen LogP contribution is -2.40. The number of halogens is 1. The minimum absolute atomic E-state index is 0. The highest BCUT2D eigenvalue weighted by Crippen LogP contribution is 2.42. The SMILES string of the molecule is Cl.N#Cc1ccc2c(c1)[C@@H]1CN(CC[C@H]3CC[C@H](Nc4c(N)c(=O)c4=O)CC3)C[C@H]1CO2. The zero-order valence-corrected chi connectivity index (χ0v) is 18.8. The van der Waals surface area contributed by atoms with Crippen LogP contribution in [0, 0.1) is 23.2 Å². The Balaban J connectivity index is 0.00000245. The normalized spacial score (nSPS) is 27.0. The Morgan fingerprint density at radius 2 is 1.94 bits per heavy atom. The molecule has 2 aromatic carbocycles. The van der Waals surface area contributed by atoms with Crippen molar-refractivity contribution in [2.45, 2.75) is 44.1 Å². The Morgan fingerprint density at radius 1 is 1.16 bits per heavy atom. The van der Waals surface area contributed by atoms with Crippen molar-refractivity contribution in [3.05, 3.63) is 49.8 Å². The second-order valence-electron chi connectivity index (χ2n) is 9.40. The zero-order chi connectivity index (χ0) is 21.5. The molecule has 0 spiro atoms. The van der Waals surface area contributed by atoms with Gasteiger partial charge in [-0.3, -0.25) is 9.59 Å². The molecule has 5 rings (SSSR count). The van der Waals surface area contributed by atoms with Gasteiger partial charge in [-0.2, -0.15) is 5.26 Å². The first kappa shape index (κ1) is 22.6. The summed E-state index contributed by atoms with van der Waals surface area (Å²) in [5, 5.41) is 12.4. The van der Waals surface area contributed by atoms with Crippen LogP contribution in [0.3, 0.4) is 0 Å². The summed E-state index contributed by atoms with van der Waals surface area (Å²) in [4.78, 5) is 25.4. The van der Waals surface area contributed by atoms with Gasteiger partial charge in [0.05, 0.1) is 18.2 Å². The smallest absolute Gasteiger partial charge is 0.253 e. The van der Waals surface area contributed by atoms with Gasteiger partial charge in [0, 0.05) is 36.5 Å². The van der Waals surface area contributed by atoms with Gasteiger partial charge in [-0.15, -0.1) is 12.4 Å². The second kappa shape index (κ2) is 9.13. The van der Waals surface area contributed by atoms with Gasteiger partial charge in [0.15, 0.2) is 0 Å². The van der Waals surface area contributed by atoms with Crippen LogP contribution in [0.15, 0.2) is 27.8 Å². The van der Waals surface area contributed by atoms with Gasteiger partial charge in [0.1, 0.15) is 17.1 Å². The standard InChI is InChI=1S/C24H28N4O3.ClH/c25-10-15-3-6-20-18(9-15)19-12-28(11-16(19)13-31-20)8-7-14-1-4-17(5-2-14)27-22-21(26)23(29)24(22)30;/h3,6,9,14,16-17,19,27H,1-2,4-5,7-8,11-13,26H2;1H/t14-,16-,17-,19+;/m0./s1. The molecule has 8 heteroatoms. The van der Waals surface area contributed by atoms with Gasteiger partial charge in [0.2, 0.25) is 0 Å². The number of nitrogens with zero attached hydrogens (tertiary/aromatic N) is 2. The first-order chi connectivity index (χ1) is 15.0. The van der Waals surface area contributed by atoms with Crippen molar-refractivity contribution >= 4 is 23.8 Å². The number of ether oxygens (including phenoxy) is 1. The van der Waals surface area contributed by atoms with Crippen LogP contribution in [0.5, 0.6) is 5.75 Å². The summed E-state index contributed by atoms with van der Waals surface area (Å²) in [7, 11) is 0. The molecule has 3 aliphatic rings. The van der Waals surface area contributed by atoms with Crippen molar-refractivity contribution in [2.75, 3.05) is 37.3 Å². The molecule has 1 aliphatic carbocycles. The van der Waals surface area contributed by atoms with Crippen LogP contribution in [-0.4, -0.2) is 37.2 Å². The van der Waals surface area contributed by atoms with E-state index in [0.717, 1.165) is 57.7 Å². The number of rotatable bonds is 5. The second-order valence-corrected chi connectivity index (χ2v) is 9.40. The van der Waals surface area contributed by atoms with Crippen molar-refractivity contribution in [2.24, 2.45) is 11.8 Å². The minimum atomic E-state index is -0.556. The summed E-state index contributed by atoms with van der Waals surface area (Å²) < 4.78 is 5.96. The van der Waals surface area contributed by atoms with Crippen LogP contribution in [0.4, 0.5) is 11.4 Å². The third-order valence-electron chi connectivity index (χ3n) is 7.50.